The van der Waals surface area contributed by atoms with Crippen LogP contribution in [0.1, 0.15) is 0 Å². The maximum atomic E-state index is 11.3. The van der Waals surface area contributed by atoms with E-state index in [9.17, 15) is 24.9 Å². The molecule has 0 aliphatic heterocycles. The monoisotopic (exact) mass is 324 g/mol. The van der Waals surface area contributed by atoms with Crippen LogP contribution in [0.15, 0.2) is 39.5 Å². The highest BCUT2D eigenvalue weighted by Crippen LogP contribution is 2.19. The summed E-state index contributed by atoms with van der Waals surface area (Å²) < 4.78 is 13.0. The van der Waals surface area contributed by atoms with Gasteiger partial charge in [-0.25, -0.2) is 4.79 Å². The van der Waals surface area contributed by atoms with Crippen LogP contribution in [0, 0.1) is 0 Å². The molecular formula is C15H17NO7. The van der Waals surface area contributed by atoms with Gasteiger partial charge in [-0.2, -0.15) is 0 Å². The van der Waals surface area contributed by atoms with E-state index in [1.165, 1.54) is 24.3 Å². The van der Waals surface area contributed by atoms with Gasteiger partial charge in [-0.1, -0.05) is 0 Å². The molecule has 0 spiro atoms. The van der Waals surface area contributed by atoms with Crippen LogP contribution in [0.2, 0.25) is 1.41 Å². The summed E-state index contributed by atoms with van der Waals surface area (Å²) >= 11 is 0. The number of hydrogen-bond acceptors (Lipinski definition) is 8. The highest BCUT2D eigenvalue weighted by molar-refractivity contribution is 5.81. The van der Waals surface area contributed by atoms with Gasteiger partial charge in [-0.05, 0) is 18.2 Å². The van der Waals surface area contributed by atoms with Gasteiger partial charge in [0.1, 0.15) is 36.2 Å². The zero-order valence-electron chi connectivity index (χ0n) is 12.9. The summed E-state index contributed by atoms with van der Waals surface area (Å²) in [6.45, 7) is -0.817. The van der Waals surface area contributed by atoms with Gasteiger partial charge in [0.2, 0.25) is 0 Å². The molecule has 8 heteroatoms. The van der Waals surface area contributed by atoms with Gasteiger partial charge >= 0.3 is 5.63 Å². The van der Waals surface area contributed by atoms with Crippen molar-refractivity contribution in [2.75, 3.05) is 11.9 Å². The summed E-state index contributed by atoms with van der Waals surface area (Å²) in [7, 11) is 0. The molecule has 0 unspecified atom stereocenters. The molecule has 124 valence electrons. The maximum absolute atomic E-state index is 11.3. The Morgan fingerprint density at radius 2 is 1.91 bits per heavy atom. The van der Waals surface area contributed by atoms with Crippen LogP contribution >= 0.6 is 0 Å². The molecule has 5 N–H and O–H groups in total. The zero-order chi connectivity index (χ0) is 17.9. The summed E-state index contributed by atoms with van der Waals surface area (Å²) in [6, 6.07) is 5.61. The minimum atomic E-state index is -1.82. The minimum Gasteiger partial charge on any atom is -0.423 e. The molecule has 8 nitrogen and oxygen atoms in total. The third-order valence-electron chi connectivity index (χ3n) is 3.33. The van der Waals surface area contributed by atoms with Gasteiger partial charge < -0.3 is 34.9 Å². The van der Waals surface area contributed by atoms with E-state index in [1.807, 2.05) is 0 Å². The first-order valence-electron chi connectivity index (χ1n) is 7.26. The van der Waals surface area contributed by atoms with E-state index in [-0.39, 0.29) is 17.6 Å². The van der Waals surface area contributed by atoms with E-state index in [0.29, 0.717) is 10.7 Å². The molecule has 0 bridgehead atoms. The van der Waals surface area contributed by atoms with Crippen molar-refractivity contribution < 1.29 is 31.0 Å². The number of fused-ring (bicyclic) bond motifs is 1. The standard InChI is InChI=1S/C15H17NO7/c17-6-10(14(21)15(22)11(19)7-18)16-9-3-1-8-2-4-13(20)23-12(8)5-9/h1-6,10-11,14-16,18-19,21-22H,7H2/t10-,11+,14+,15+/m0/s1/i/hD. The number of aliphatic hydroxyl groups is 4. The van der Waals surface area contributed by atoms with Gasteiger partial charge in [0.25, 0.3) is 0 Å². The summed E-state index contributed by atoms with van der Waals surface area (Å²) in [5, 5.41) is 39.1. The number of carbonyl (C=O) groups is 1. The van der Waals surface area contributed by atoms with Crippen LogP contribution in [0.3, 0.4) is 0 Å². The predicted molar refractivity (Wildman–Crippen MR) is 81.1 cm³/mol. The van der Waals surface area contributed by atoms with E-state index >= 15 is 0 Å². The Bertz CT molecular complexity index is 765. The molecule has 23 heavy (non-hydrogen) atoms. The van der Waals surface area contributed by atoms with Crippen LogP contribution in [0.5, 0.6) is 0 Å². The molecule has 4 atom stereocenters. The number of nitrogens with one attached hydrogen (secondary N) is 1. The average molecular weight is 324 g/mol. The van der Waals surface area contributed by atoms with Crippen LogP contribution in [-0.4, -0.2) is 57.7 Å². The lowest BCUT2D eigenvalue weighted by molar-refractivity contribution is -0.117. The van der Waals surface area contributed by atoms with Gasteiger partial charge in [0.05, 0.1) is 6.61 Å². The highest BCUT2D eigenvalue weighted by atomic mass is 16.4. The summed E-state index contributed by atoms with van der Waals surface area (Å²) in [5.41, 5.74) is -0.268. The van der Waals surface area contributed by atoms with Crippen LogP contribution in [0.4, 0.5) is 5.69 Å². The Balaban J connectivity index is 2.32. The Morgan fingerprint density at radius 1 is 1.22 bits per heavy atom. The highest BCUT2D eigenvalue weighted by Gasteiger charge is 2.31. The van der Waals surface area contributed by atoms with Crippen LogP contribution in [-0.2, 0) is 4.79 Å². The molecule has 0 radical (unpaired) electrons. The fraction of sp³-hybridized carbons (Fsp3) is 0.333. The zero-order valence-corrected chi connectivity index (χ0v) is 11.9. The first-order chi connectivity index (χ1) is 11.4. The van der Waals surface area contributed by atoms with E-state index in [1.54, 1.807) is 6.07 Å². The molecular weight excluding hydrogens is 306 g/mol. The number of aldehydes is 1. The van der Waals surface area contributed by atoms with Crippen molar-refractivity contribution in [2.45, 2.75) is 24.4 Å². The van der Waals surface area contributed by atoms with Gasteiger partial charge in [-0.3, -0.25) is 0 Å². The van der Waals surface area contributed by atoms with Crippen molar-refractivity contribution in [3.8, 4) is 0 Å². The van der Waals surface area contributed by atoms with Crippen molar-refractivity contribution in [1.82, 2.24) is 0 Å². The van der Waals surface area contributed by atoms with Gasteiger partial charge in [0.15, 0.2) is 1.41 Å². The van der Waals surface area contributed by atoms with Crippen LogP contribution in [0.25, 0.3) is 11.0 Å². The topological polar surface area (TPSA) is 140 Å². The molecule has 0 saturated carbocycles. The van der Waals surface area contributed by atoms with E-state index in [4.69, 9.17) is 10.9 Å². The van der Waals surface area contributed by atoms with E-state index in [0.717, 1.165) is 0 Å². The van der Waals surface area contributed by atoms with Crippen molar-refractivity contribution in [2.24, 2.45) is 0 Å². The molecule has 0 aliphatic carbocycles. The lowest BCUT2D eigenvalue weighted by Crippen LogP contribution is -2.49. The first-order valence-corrected chi connectivity index (χ1v) is 6.81. The normalized spacial score (nSPS) is 17.1. The number of rotatable bonds is 7. The second-order valence-corrected chi connectivity index (χ2v) is 4.96. The number of carbonyl (C=O) groups excluding carboxylic acids is 1. The molecule has 0 fully saturated rings. The fourth-order valence-electron chi connectivity index (χ4n) is 2.03. The largest absolute Gasteiger partial charge is 0.423 e. The van der Waals surface area contributed by atoms with Crippen molar-refractivity contribution in [3.63, 3.8) is 0 Å². The third kappa shape index (κ3) is 3.93. The van der Waals surface area contributed by atoms with E-state index < -0.39 is 36.6 Å². The lowest BCUT2D eigenvalue weighted by Gasteiger charge is -2.26. The Morgan fingerprint density at radius 3 is 2.57 bits per heavy atom. The van der Waals surface area contributed by atoms with Crippen molar-refractivity contribution >= 4 is 22.9 Å². The first kappa shape index (κ1) is 15.6. The second kappa shape index (κ2) is 7.34. The Hall–Kier alpha value is -2.26. The SMILES string of the molecule is [2H]N(c1ccc2ccc(=O)oc2c1)[C@@H](C=O)[C@@H](O)[C@H](O)[C@H](O)CO. The Kier molecular flexibility index (Phi) is 4.99. The molecule has 2 aromatic rings. The summed E-state index contributed by atoms with van der Waals surface area (Å²) in [5.74, 6) is 0. The third-order valence-corrected chi connectivity index (χ3v) is 3.33. The molecule has 1 heterocycles. The minimum absolute atomic E-state index is 0.124. The number of hydrogen-bond donors (Lipinski definition) is 5. The number of anilines is 1. The summed E-state index contributed by atoms with van der Waals surface area (Å²) in [4.78, 5) is 22.5. The maximum Gasteiger partial charge on any atom is 0.336 e. The molecule has 1 aromatic heterocycles. The summed E-state index contributed by atoms with van der Waals surface area (Å²) in [6.07, 6.45) is -5.07. The van der Waals surface area contributed by atoms with Crippen LogP contribution < -0.4 is 10.9 Å². The van der Waals surface area contributed by atoms with Gasteiger partial charge in [-0.15, -0.1) is 0 Å². The molecule has 0 saturated heterocycles. The molecule has 0 amide bonds. The molecule has 0 aliphatic rings. The van der Waals surface area contributed by atoms with E-state index in [2.05, 4.69) is 0 Å². The molecule has 1 aromatic carbocycles. The predicted octanol–water partition coefficient (Wildman–Crippen LogP) is -1.15. The Labute approximate surface area is 132 Å². The number of benzene rings is 1. The fourth-order valence-corrected chi connectivity index (χ4v) is 2.03. The average Bonchev–Trinajstić information content (AvgIpc) is 2.59. The molecule has 2 rings (SSSR count). The van der Waals surface area contributed by atoms with Crippen molar-refractivity contribution in [3.05, 3.63) is 40.8 Å². The second-order valence-electron chi connectivity index (χ2n) is 4.96. The number of aliphatic hydroxyl groups excluding tert-OH is 4. The quantitative estimate of drug-likeness (QED) is 0.317. The van der Waals surface area contributed by atoms with Gasteiger partial charge in [0, 0.05) is 23.2 Å². The smallest absolute Gasteiger partial charge is 0.336 e. The van der Waals surface area contributed by atoms with Crippen molar-refractivity contribution in [1.29, 1.82) is 0 Å². The lowest BCUT2D eigenvalue weighted by atomic mass is 10.0.